The third-order valence-corrected chi connectivity index (χ3v) is 5.45. The summed E-state index contributed by atoms with van der Waals surface area (Å²) in [5, 5.41) is 0.320. The van der Waals surface area contributed by atoms with Crippen LogP contribution in [0.2, 0.25) is 0 Å². The Morgan fingerprint density at radius 2 is 1.51 bits per heavy atom. The lowest BCUT2D eigenvalue weighted by molar-refractivity contribution is -0.136. The number of ether oxygens (including phenoxy) is 3. The van der Waals surface area contributed by atoms with Crippen molar-refractivity contribution < 1.29 is 23.4 Å². The first kappa shape index (κ1) is 24.1. The Balaban J connectivity index is 1.44. The van der Waals surface area contributed by atoms with Crippen LogP contribution in [0.25, 0.3) is 11.0 Å². The second-order valence-electron chi connectivity index (χ2n) is 9.55. The highest BCUT2D eigenvalue weighted by Crippen LogP contribution is 2.27. The first-order chi connectivity index (χ1) is 16.6. The topological polar surface area (TPSA) is 75.0 Å². The Bertz CT molecular complexity index is 1400. The molecule has 0 saturated heterocycles. The summed E-state index contributed by atoms with van der Waals surface area (Å²) in [5.74, 6) is 0.904. The fourth-order valence-electron chi connectivity index (χ4n) is 3.69. The maximum atomic E-state index is 12.9. The molecule has 1 aromatic heterocycles. The maximum Gasteiger partial charge on any atom is 0.349 e. The number of aryl methyl sites for hydroxylation is 2. The number of hydrogen-bond acceptors (Lipinski definition) is 6. The van der Waals surface area contributed by atoms with E-state index in [4.69, 9.17) is 18.6 Å². The highest BCUT2D eigenvalue weighted by Gasteiger charge is 2.15. The van der Waals surface area contributed by atoms with Gasteiger partial charge in [-0.1, -0.05) is 39.0 Å². The van der Waals surface area contributed by atoms with Gasteiger partial charge in [-0.3, -0.25) is 4.79 Å². The zero-order valence-electron chi connectivity index (χ0n) is 20.5. The minimum Gasteiger partial charge on any atom is -0.482 e. The van der Waals surface area contributed by atoms with Gasteiger partial charge in [-0.15, -0.1) is 0 Å². The molecule has 35 heavy (non-hydrogen) atoms. The molecule has 0 aliphatic rings. The Morgan fingerprint density at radius 3 is 2.17 bits per heavy atom. The van der Waals surface area contributed by atoms with Crippen LogP contribution < -0.4 is 19.6 Å². The normalized spacial score (nSPS) is 11.3. The van der Waals surface area contributed by atoms with Gasteiger partial charge in [0.15, 0.2) is 6.61 Å². The van der Waals surface area contributed by atoms with Gasteiger partial charge in [-0.05, 0) is 72.4 Å². The largest absolute Gasteiger partial charge is 0.482 e. The molecule has 0 N–H and O–H groups in total. The molecular formula is C29H28O6. The highest BCUT2D eigenvalue weighted by atomic mass is 16.6. The Kier molecular flexibility index (Phi) is 6.65. The second kappa shape index (κ2) is 9.66. The van der Waals surface area contributed by atoms with E-state index < -0.39 is 5.97 Å². The molecule has 0 atom stereocenters. The van der Waals surface area contributed by atoms with E-state index in [0.29, 0.717) is 16.9 Å². The van der Waals surface area contributed by atoms with Crippen molar-refractivity contribution in [3.63, 3.8) is 0 Å². The summed E-state index contributed by atoms with van der Waals surface area (Å²) >= 11 is 0. The number of benzene rings is 3. The van der Waals surface area contributed by atoms with Crippen LogP contribution in [0.1, 0.15) is 37.5 Å². The van der Waals surface area contributed by atoms with Crippen LogP contribution in [0.4, 0.5) is 0 Å². The summed E-state index contributed by atoms with van der Waals surface area (Å²) < 4.78 is 22.3. The van der Waals surface area contributed by atoms with Crippen molar-refractivity contribution in [2.45, 2.75) is 40.0 Å². The molecule has 0 saturated carbocycles. The summed E-state index contributed by atoms with van der Waals surface area (Å²) in [6, 6.07) is 17.9. The number of hydrogen-bond donors (Lipinski definition) is 0. The maximum absolute atomic E-state index is 12.9. The third-order valence-electron chi connectivity index (χ3n) is 5.45. The van der Waals surface area contributed by atoms with E-state index in [9.17, 15) is 9.59 Å². The zero-order valence-corrected chi connectivity index (χ0v) is 20.5. The summed E-state index contributed by atoms with van der Waals surface area (Å²) in [6.45, 7) is 10.1. The lowest BCUT2D eigenvalue weighted by Crippen LogP contribution is -2.17. The van der Waals surface area contributed by atoms with Crippen LogP contribution >= 0.6 is 0 Å². The van der Waals surface area contributed by atoms with E-state index in [1.54, 1.807) is 6.07 Å². The van der Waals surface area contributed by atoms with Gasteiger partial charge in [0, 0.05) is 6.07 Å². The molecule has 0 aliphatic carbocycles. The zero-order chi connectivity index (χ0) is 25.2. The fourth-order valence-corrected chi connectivity index (χ4v) is 3.69. The Morgan fingerprint density at radius 1 is 0.857 bits per heavy atom. The van der Waals surface area contributed by atoms with Crippen LogP contribution in [-0.4, -0.2) is 12.6 Å². The van der Waals surface area contributed by atoms with E-state index in [0.717, 1.165) is 16.7 Å². The van der Waals surface area contributed by atoms with Gasteiger partial charge in [0.1, 0.15) is 29.1 Å². The lowest BCUT2D eigenvalue weighted by atomic mass is 9.87. The number of rotatable bonds is 6. The SMILES string of the molecule is Cc1cc(C)cc(OCC(=O)Oc2ccc3c(=O)c(Oc4ccc(C(C)(C)C)cc4)coc3c2)c1. The molecule has 180 valence electrons. The van der Waals surface area contributed by atoms with E-state index >= 15 is 0 Å². The summed E-state index contributed by atoms with van der Waals surface area (Å²) in [5.41, 5.74) is 3.24. The third kappa shape index (κ3) is 5.90. The van der Waals surface area contributed by atoms with Gasteiger partial charge in [-0.2, -0.15) is 0 Å². The molecule has 0 bridgehead atoms. The molecule has 0 amide bonds. The van der Waals surface area contributed by atoms with Crippen molar-refractivity contribution in [1.82, 2.24) is 0 Å². The minimum absolute atomic E-state index is 0.0213. The van der Waals surface area contributed by atoms with Crippen LogP contribution in [0.3, 0.4) is 0 Å². The molecule has 4 aromatic rings. The molecule has 1 heterocycles. The van der Waals surface area contributed by atoms with Crippen LogP contribution in [0.15, 0.2) is 76.1 Å². The Labute approximate surface area is 204 Å². The highest BCUT2D eigenvalue weighted by molar-refractivity contribution is 5.81. The van der Waals surface area contributed by atoms with E-state index in [1.165, 1.54) is 18.4 Å². The molecular weight excluding hydrogens is 444 g/mol. The minimum atomic E-state index is -0.565. The molecule has 4 rings (SSSR count). The van der Waals surface area contributed by atoms with Crippen molar-refractivity contribution in [2.24, 2.45) is 0 Å². The van der Waals surface area contributed by atoms with Gasteiger partial charge >= 0.3 is 5.97 Å². The molecule has 0 aliphatic heterocycles. The van der Waals surface area contributed by atoms with Crippen molar-refractivity contribution in [2.75, 3.05) is 6.61 Å². The smallest absolute Gasteiger partial charge is 0.349 e. The lowest BCUT2D eigenvalue weighted by Gasteiger charge is -2.19. The number of carbonyl (C=O) groups excluding carboxylic acids is 1. The summed E-state index contributed by atoms with van der Waals surface area (Å²) in [6.07, 6.45) is 1.26. The van der Waals surface area contributed by atoms with Crippen LogP contribution in [-0.2, 0) is 10.2 Å². The van der Waals surface area contributed by atoms with Crippen molar-refractivity contribution >= 4 is 16.9 Å². The second-order valence-corrected chi connectivity index (χ2v) is 9.55. The first-order valence-corrected chi connectivity index (χ1v) is 11.3. The quantitative estimate of drug-likeness (QED) is 0.236. The number of carbonyl (C=O) groups is 1. The molecule has 0 unspecified atom stereocenters. The average Bonchev–Trinajstić information content (AvgIpc) is 2.79. The molecule has 6 nitrogen and oxygen atoms in total. The predicted octanol–water partition coefficient (Wildman–Crippen LogP) is 6.48. The van der Waals surface area contributed by atoms with Gasteiger partial charge in [0.05, 0.1) is 5.39 Å². The summed E-state index contributed by atoms with van der Waals surface area (Å²) in [4.78, 5) is 25.1. The predicted molar refractivity (Wildman–Crippen MR) is 135 cm³/mol. The number of esters is 1. The molecule has 6 heteroatoms. The standard InChI is InChI=1S/C29H28O6/c1-18-12-19(2)14-23(13-18)32-17-27(30)35-22-10-11-24-25(15-22)33-16-26(28(24)31)34-21-8-6-20(7-9-21)29(3,4)5/h6-16H,17H2,1-5H3. The molecule has 3 aromatic carbocycles. The van der Waals surface area contributed by atoms with Gasteiger partial charge < -0.3 is 18.6 Å². The van der Waals surface area contributed by atoms with Gasteiger partial charge in [0.2, 0.25) is 11.2 Å². The first-order valence-electron chi connectivity index (χ1n) is 11.3. The van der Waals surface area contributed by atoms with E-state index in [-0.39, 0.29) is 34.5 Å². The summed E-state index contributed by atoms with van der Waals surface area (Å²) in [7, 11) is 0. The van der Waals surface area contributed by atoms with Gasteiger partial charge in [-0.25, -0.2) is 4.79 Å². The van der Waals surface area contributed by atoms with E-state index in [2.05, 4.69) is 20.8 Å². The van der Waals surface area contributed by atoms with Gasteiger partial charge in [0.25, 0.3) is 0 Å². The average molecular weight is 473 g/mol. The molecule has 0 fully saturated rings. The van der Waals surface area contributed by atoms with Crippen LogP contribution in [0, 0.1) is 13.8 Å². The Hall–Kier alpha value is -4.06. The molecule has 0 spiro atoms. The van der Waals surface area contributed by atoms with Crippen molar-refractivity contribution in [1.29, 1.82) is 0 Å². The van der Waals surface area contributed by atoms with Crippen molar-refractivity contribution in [3.05, 3.63) is 93.8 Å². The van der Waals surface area contributed by atoms with Crippen molar-refractivity contribution in [3.8, 4) is 23.0 Å². The fraction of sp³-hybridized carbons (Fsp3) is 0.241. The number of fused-ring (bicyclic) bond motifs is 1. The van der Waals surface area contributed by atoms with Crippen LogP contribution in [0.5, 0.6) is 23.0 Å². The molecule has 0 radical (unpaired) electrons. The monoisotopic (exact) mass is 472 g/mol. The van der Waals surface area contributed by atoms with E-state index in [1.807, 2.05) is 56.3 Å².